The second-order valence-electron chi connectivity index (χ2n) is 11.5. The van der Waals surface area contributed by atoms with Gasteiger partial charge in [-0.3, -0.25) is 14.9 Å². The maximum absolute atomic E-state index is 5.90. The number of anilines is 6. The molecular formula is C32H41BrN10OS. The first kappa shape index (κ1) is 31.6. The highest BCUT2D eigenvalue weighted by Crippen LogP contribution is 2.38. The summed E-state index contributed by atoms with van der Waals surface area (Å²) in [6.45, 7) is 9.01. The summed E-state index contributed by atoms with van der Waals surface area (Å²) in [6.07, 6.45) is 10.4. The molecule has 0 atom stereocenters. The number of benzene rings is 2. The van der Waals surface area contributed by atoms with Gasteiger partial charge in [0.1, 0.15) is 17.1 Å². The molecule has 0 aliphatic carbocycles. The Kier molecular flexibility index (Phi) is 10.1. The average Bonchev–Trinajstić information content (AvgIpc) is 3.07. The molecule has 45 heavy (non-hydrogen) atoms. The van der Waals surface area contributed by atoms with E-state index in [1.165, 1.54) is 62.2 Å². The van der Waals surface area contributed by atoms with Crippen molar-refractivity contribution in [2.45, 2.75) is 32.2 Å². The second-order valence-corrected chi connectivity index (χ2v) is 12.9. The summed E-state index contributed by atoms with van der Waals surface area (Å²) < 4.78 is 9.98. The van der Waals surface area contributed by atoms with Crippen molar-refractivity contribution < 1.29 is 4.74 Å². The molecule has 13 heteroatoms. The third kappa shape index (κ3) is 7.06. The van der Waals surface area contributed by atoms with E-state index in [-0.39, 0.29) is 0 Å². The first-order valence-electron chi connectivity index (χ1n) is 15.4. The van der Waals surface area contributed by atoms with Gasteiger partial charge in [0.15, 0.2) is 0 Å². The summed E-state index contributed by atoms with van der Waals surface area (Å²) in [6, 6.07) is 8.95. The summed E-state index contributed by atoms with van der Waals surface area (Å²) in [4.78, 5) is 26.0. The highest BCUT2D eigenvalue weighted by Gasteiger charge is 2.28. The fraction of sp³-hybridized carbons (Fsp3) is 0.438. The minimum absolute atomic E-state index is 0.460. The number of piperidine rings is 1. The van der Waals surface area contributed by atoms with E-state index in [1.54, 1.807) is 25.7 Å². The van der Waals surface area contributed by atoms with Gasteiger partial charge in [-0.25, -0.2) is 4.98 Å². The summed E-state index contributed by atoms with van der Waals surface area (Å²) in [5, 5.41) is 6.88. The number of nitrogens with zero attached hydrogens (tertiary/aromatic N) is 7. The standard InChI is InChI=1S/C32H41BrN10OS/c1-5-21-18-26(28(44-3)19-27(21)43-12-8-22(9-13-43)42-16-14-41(2)15-17-42)38-32-36-20-23(33)31(39-32)37-25-7-6-24-29(30(25)40-45-4)35-11-10-34-24/h6-7,10-11,18-20,22,40H,5,8-9,12-17H2,1-4H3,(H2,36,37,38,39). The van der Waals surface area contributed by atoms with Gasteiger partial charge in [-0.05, 0) is 66.0 Å². The van der Waals surface area contributed by atoms with Gasteiger partial charge in [-0.1, -0.05) is 18.9 Å². The second kappa shape index (κ2) is 14.4. The van der Waals surface area contributed by atoms with Crippen LogP contribution in [0.15, 0.2) is 47.3 Å². The van der Waals surface area contributed by atoms with E-state index in [1.807, 2.05) is 18.4 Å². The van der Waals surface area contributed by atoms with Crippen molar-refractivity contribution in [2.24, 2.45) is 0 Å². The van der Waals surface area contributed by atoms with Crippen LogP contribution in [0.2, 0.25) is 0 Å². The first-order chi connectivity index (χ1) is 22.0. The largest absolute Gasteiger partial charge is 0.494 e. The number of methoxy groups -OCH3 is 1. The molecule has 6 rings (SSSR count). The average molecular weight is 694 g/mol. The molecule has 0 saturated carbocycles. The molecule has 0 bridgehead atoms. The minimum atomic E-state index is 0.460. The third-order valence-electron chi connectivity index (χ3n) is 8.73. The normalized spacial score (nSPS) is 16.6. The van der Waals surface area contributed by atoms with Crippen molar-refractivity contribution in [3.05, 3.63) is 52.9 Å². The number of aromatic nitrogens is 4. The van der Waals surface area contributed by atoms with Crippen molar-refractivity contribution in [3.63, 3.8) is 0 Å². The first-order valence-corrected chi connectivity index (χ1v) is 17.5. The number of ether oxygens (including phenoxy) is 1. The highest BCUT2D eigenvalue weighted by molar-refractivity contribution is 9.10. The van der Waals surface area contributed by atoms with Gasteiger partial charge in [0.25, 0.3) is 0 Å². The van der Waals surface area contributed by atoms with Crippen LogP contribution in [0.1, 0.15) is 25.3 Å². The summed E-state index contributed by atoms with van der Waals surface area (Å²) >= 11 is 5.11. The van der Waals surface area contributed by atoms with Crippen LogP contribution in [-0.2, 0) is 6.42 Å². The minimum Gasteiger partial charge on any atom is -0.494 e. The zero-order valence-corrected chi connectivity index (χ0v) is 28.7. The van der Waals surface area contributed by atoms with Crippen LogP contribution in [0.5, 0.6) is 5.75 Å². The Morgan fingerprint density at radius 3 is 2.49 bits per heavy atom. The van der Waals surface area contributed by atoms with E-state index in [0.717, 1.165) is 57.8 Å². The van der Waals surface area contributed by atoms with Crippen molar-refractivity contribution in [2.75, 3.05) is 79.9 Å². The lowest BCUT2D eigenvalue weighted by atomic mass is 9.99. The van der Waals surface area contributed by atoms with E-state index in [9.17, 15) is 0 Å². The fourth-order valence-electron chi connectivity index (χ4n) is 6.23. The molecule has 0 unspecified atom stereocenters. The van der Waals surface area contributed by atoms with Crippen LogP contribution < -0.4 is 25.0 Å². The molecule has 0 radical (unpaired) electrons. The molecule has 238 valence electrons. The van der Waals surface area contributed by atoms with Crippen molar-refractivity contribution >= 4 is 73.4 Å². The predicted octanol–water partition coefficient (Wildman–Crippen LogP) is 6.15. The van der Waals surface area contributed by atoms with E-state index in [4.69, 9.17) is 9.72 Å². The Labute approximate surface area is 277 Å². The monoisotopic (exact) mass is 692 g/mol. The summed E-state index contributed by atoms with van der Waals surface area (Å²) in [7, 11) is 3.94. The molecule has 2 aromatic heterocycles. The quantitative estimate of drug-likeness (QED) is 0.166. The maximum Gasteiger partial charge on any atom is 0.229 e. The van der Waals surface area contributed by atoms with E-state index in [2.05, 4.69) is 87.0 Å². The predicted molar refractivity (Wildman–Crippen MR) is 190 cm³/mol. The lowest BCUT2D eigenvalue weighted by Crippen LogP contribution is -2.52. The summed E-state index contributed by atoms with van der Waals surface area (Å²) in [5.41, 5.74) is 6.62. The Bertz CT molecular complexity index is 1630. The molecule has 11 nitrogen and oxygen atoms in total. The van der Waals surface area contributed by atoms with E-state index >= 15 is 0 Å². The molecule has 0 amide bonds. The zero-order valence-electron chi connectivity index (χ0n) is 26.3. The maximum atomic E-state index is 5.90. The van der Waals surface area contributed by atoms with Crippen LogP contribution in [-0.4, -0.2) is 95.5 Å². The lowest BCUT2D eigenvalue weighted by molar-refractivity contribution is 0.0982. The van der Waals surface area contributed by atoms with Crippen LogP contribution in [0.3, 0.4) is 0 Å². The number of piperazine rings is 1. The number of rotatable bonds is 10. The van der Waals surface area contributed by atoms with Gasteiger partial charge >= 0.3 is 0 Å². The SMILES string of the molecule is CCc1cc(Nc2ncc(Br)c(Nc3ccc4nccnc4c3NSC)n2)c(OC)cc1N1CCC(N2CCN(C)CC2)CC1. The van der Waals surface area contributed by atoms with Gasteiger partial charge in [0.05, 0.1) is 34.2 Å². The molecule has 2 fully saturated rings. The Morgan fingerprint density at radius 1 is 0.978 bits per heavy atom. The zero-order chi connectivity index (χ0) is 31.3. The number of aryl methyl sites for hydroxylation is 1. The lowest BCUT2D eigenvalue weighted by Gasteiger charge is -2.43. The molecule has 4 heterocycles. The van der Waals surface area contributed by atoms with Crippen LogP contribution in [0.4, 0.5) is 34.5 Å². The topological polar surface area (TPSA) is 107 Å². The number of hydrogen-bond donors (Lipinski definition) is 3. The number of halogens is 1. The molecule has 2 aliphatic heterocycles. The van der Waals surface area contributed by atoms with Gasteiger partial charge in [-0.2, -0.15) is 4.98 Å². The molecule has 0 spiro atoms. The molecule has 3 N–H and O–H groups in total. The van der Waals surface area contributed by atoms with Gasteiger partial charge < -0.3 is 29.9 Å². The van der Waals surface area contributed by atoms with Gasteiger partial charge in [-0.15, -0.1) is 0 Å². The number of hydrogen-bond acceptors (Lipinski definition) is 12. The fourth-order valence-corrected chi connectivity index (χ4v) is 6.93. The number of likely N-dealkylation sites (N-methyl/N-ethyl adjacent to an activating group) is 1. The van der Waals surface area contributed by atoms with Gasteiger partial charge in [0.2, 0.25) is 5.95 Å². The number of fused-ring (bicyclic) bond motifs is 1. The van der Waals surface area contributed by atoms with Crippen molar-refractivity contribution in [1.82, 2.24) is 29.7 Å². The third-order valence-corrected chi connectivity index (χ3v) is 9.72. The Balaban J connectivity index is 1.21. The van der Waals surface area contributed by atoms with Crippen LogP contribution >= 0.6 is 27.9 Å². The molecule has 2 aromatic carbocycles. The highest BCUT2D eigenvalue weighted by atomic mass is 79.9. The van der Waals surface area contributed by atoms with Crippen LogP contribution in [0, 0.1) is 0 Å². The summed E-state index contributed by atoms with van der Waals surface area (Å²) in [5.74, 6) is 1.85. The van der Waals surface area contributed by atoms with Crippen LogP contribution in [0.25, 0.3) is 11.0 Å². The Morgan fingerprint density at radius 2 is 1.76 bits per heavy atom. The molecule has 2 aliphatic rings. The molecule has 4 aromatic rings. The molecule has 2 saturated heterocycles. The number of nitrogens with one attached hydrogen (secondary N) is 3. The smallest absolute Gasteiger partial charge is 0.229 e. The van der Waals surface area contributed by atoms with E-state index < -0.39 is 0 Å². The Hall–Kier alpha value is -3.39. The van der Waals surface area contributed by atoms with Gasteiger partial charge in [0, 0.05) is 81.9 Å². The molecular weight excluding hydrogens is 652 g/mol. The van der Waals surface area contributed by atoms with Crippen molar-refractivity contribution in [3.8, 4) is 5.75 Å². The van der Waals surface area contributed by atoms with Crippen molar-refractivity contribution in [1.29, 1.82) is 0 Å². The van der Waals surface area contributed by atoms with E-state index in [0.29, 0.717) is 17.8 Å².